The molecule has 1 amide bonds. The Morgan fingerprint density at radius 1 is 0.800 bits per heavy atom. The molecule has 0 spiro atoms. The van der Waals surface area contributed by atoms with Crippen molar-refractivity contribution < 1.29 is 13.2 Å². The molecule has 7 heteroatoms. The van der Waals surface area contributed by atoms with Crippen molar-refractivity contribution in [1.29, 1.82) is 0 Å². The molecule has 0 aliphatic carbocycles. The maximum Gasteiger partial charge on any atom is 0.264 e. The number of nitrogens with one attached hydrogen (secondary N) is 1. The van der Waals surface area contributed by atoms with E-state index in [-0.39, 0.29) is 11.4 Å². The van der Waals surface area contributed by atoms with Gasteiger partial charge in [-0.25, -0.2) is 8.42 Å². The van der Waals surface area contributed by atoms with E-state index in [1.54, 1.807) is 42.5 Å². The third-order valence-corrected chi connectivity index (χ3v) is 7.90. The summed E-state index contributed by atoms with van der Waals surface area (Å²) in [7, 11) is -3.98. The van der Waals surface area contributed by atoms with E-state index >= 15 is 0 Å². The van der Waals surface area contributed by atoms with Crippen LogP contribution < -0.4 is 9.62 Å². The fourth-order valence-corrected chi connectivity index (χ4v) is 5.45. The third-order valence-electron chi connectivity index (χ3n) is 5.58. The molecule has 0 aliphatic heterocycles. The van der Waals surface area contributed by atoms with Gasteiger partial charge in [0.25, 0.3) is 10.0 Å². The van der Waals surface area contributed by atoms with Crippen molar-refractivity contribution in [3.05, 3.63) is 130 Å². The first-order valence-corrected chi connectivity index (χ1v) is 13.3. The largest absolute Gasteiger partial charge is 0.344 e. The minimum Gasteiger partial charge on any atom is -0.344 e. The lowest BCUT2D eigenvalue weighted by molar-refractivity contribution is -0.120. The highest BCUT2D eigenvalue weighted by Crippen LogP contribution is 2.26. The molecule has 4 rings (SSSR count). The average Bonchev–Trinajstić information content (AvgIpc) is 2.88. The van der Waals surface area contributed by atoms with E-state index in [9.17, 15) is 13.2 Å². The molecule has 0 unspecified atom stereocenters. The van der Waals surface area contributed by atoms with Crippen LogP contribution in [0.15, 0.2) is 119 Å². The van der Waals surface area contributed by atoms with Crippen molar-refractivity contribution in [3.63, 3.8) is 0 Å². The highest BCUT2D eigenvalue weighted by Gasteiger charge is 2.28. The number of amides is 1. The molecule has 0 heterocycles. The molecule has 0 bridgehead atoms. The molecule has 35 heavy (non-hydrogen) atoms. The number of nitrogens with zero attached hydrogens (tertiary/aromatic N) is 1. The van der Waals surface area contributed by atoms with Crippen LogP contribution in [0.5, 0.6) is 0 Å². The number of halogens is 1. The Bertz CT molecular complexity index is 1380. The van der Waals surface area contributed by atoms with Gasteiger partial charge in [0, 0.05) is 4.47 Å². The van der Waals surface area contributed by atoms with Crippen molar-refractivity contribution >= 4 is 37.5 Å². The maximum atomic E-state index is 13.6. The lowest BCUT2D eigenvalue weighted by Gasteiger charge is -2.26. The Labute approximate surface area is 214 Å². The predicted octanol–water partition coefficient (Wildman–Crippen LogP) is 5.86. The zero-order valence-corrected chi connectivity index (χ0v) is 21.5. The Morgan fingerprint density at radius 3 is 1.94 bits per heavy atom. The lowest BCUT2D eigenvalue weighted by Crippen LogP contribution is -2.42. The molecule has 1 N–H and O–H groups in total. The van der Waals surface area contributed by atoms with Gasteiger partial charge in [-0.2, -0.15) is 0 Å². The summed E-state index contributed by atoms with van der Waals surface area (Å²) in [4.78, 5) is 13.5. The standard InChI is InChI=1S/C28H25BrN2O3S/c1-21-12-14-23(15-13-21)28(22-8-4-2-5-9-22)30-27(32)20-31(25-18-16-24(29)17-19-25)35(33,34)26-10-6-3-7-11-26/h2-19,28H,20H2,1H3,(H,30,32)/t28-/m1/s1. The zero-order valence-electron chi connectivity index (χ0n) is 19.1. The van der Waals surface area contributed by atoms with Crippen LogP contribution >= 0.6 is 15.9 Å². The third kappa shape index (κ3) is 5.99. The number of rotatable bonds is 8. The Balaban J connectivity index is 1.67. The first-order valence-electron chi connectivity index (χ1n) is 11.1. The van der Waals surface area contributed by atoms with E-state index in [0.717, 1.165) is 25.5 Å². The highest BCUT2D eigenvalue weighted by atomic mass is 79.9. The summed E-state index contributed by atoms with van der Waals surface area (Å²) in [6, 6.07) is 32.1. The number of aryl methyl sites for hydroxylation is 1. The van der Waals surface area contributed by atoms with Gasteiger partial charge >= 0.3 is 0 Å². The molecular formula is C28H25BrN2O3S. The monoisotopic (exact) mass is 548 g/mol. The summed E-state index contributed by atoms with van der Waals surface area (Å²) >= 11 is 3.38. The van der Waals surface area contributed by atoms with Gasteiger partial charge in [-0.3, -0.25) is 9.10 Å². The van der Waals surface area contributed by atoms with E-state index in [1.165, 1.54) is 12.1 Å². The second-order valence-corrected chi connectivity index (χ2v) is 10.9. The van der Waals surface area contributed by atoms with Crippen LogP contribution in [0.25, 0.3) is 0 Å². The van der Waals surface area contributed by atoms with Crippen LogP contribution in [0, 0.1) is 6.92 Å². The van der Waals surface area contributed by atoms with Gasteiger partial charge in [0.1, 0.15) is 6.54 Å². The molecule has 0 aromatic heterocycles. The Morgan fingerprint density at radius 2 is 1.34 bits per heavy atom. The predicted molar refractivity (Wildman–Crippen MR) is 143 cm³/mol. The van der Waals surface area contributed by atoms with Crippen molar-refractivity contribution in [1.82, 2.24) is 5.32 Å². The van der Waals surface area contributed by atoms with Crippen LogP contribution in [0.2, 0.25) is 0 Å². The summed E-state index contributed by atoms with van der Waals surface area (Å²) in [6.45, 7) is 1.64. The van der Waals surface area contributed by atoms with Gasteiger partial charge in [0.15, 0.2) is 0 Å². The quantitative estimate of drug-likeness (QED) is 0.300. The molecule has 1 atom stereocenters. The molecular weight excluding hydrogens is 524 g/mol. The van der Waals surface area contributed by atoms with Crippen LogP contribution in [-0.2, 0) is 14.8 Å². The molecule has 4 aromatic carbocycles. The fourth-order valence-electron chi connectivity index (χ4n) is 3.74. The Kier molecular flexibility index (Phi) is 7.68. The summed E-state index contributed by atoms with van der Waals surface area (Å²) in [5, 5.41) is 3.05. The van der Waals surface area contributed by atoms with Gasteiger partial charge in [-0.15, -0.1) is 0 Å². The second-order valence-electron chi connectivity index (χ2n) is 8.12. The maximum absolute atomic E-state index is 13.6. The minimum absolute atomic E-state index is 0.119. The molecule has 0 fully saturated rings. The SMILES string of the molecule is Cc1ccc([C@H](NC(=O)CN(c2ccc(Br)cc2)S(=O)(=O)c2ccccc2)c2ccccc2)cc1. The molecule has 0 aliphatic rings. The number of sulfonamides is 1. The summed E-state index contributed by atoms with van der Waals surface area (Å²) in [5.41, 5.74) is 3.34. The topological polar surface area (TPSA) is 66.5 Å². The molecule has 4 aromatic rings. The van der Waals surface area contributed by atoms with Gasteiger partial charge < -0.3 is 5.32 Å². The number of anilines is 1. The van der Waals surface area contributed by atoms with Gasteiger partial charge in [-0.05, 0) is 54.4 Å². The first-order chi connectivity index (χ1) is 16.8. The molecule has 5 nitrogen and oxygen atoms in total. The Hall–Kier alpha value is -3.42. The van der Waals surface area contributed by atoms with Crippen LogP contribution in [0.4, 0.5) is 5.69 Å². The number of benzene rings is 4. The van der Waals surface area contributed by atoms with Gasteiger partial charge in [0.05, 0.1) is 16.6 Å². The van der Waals surface area contributed by atoms with E-state index < -0.39 is 22.0 Å². The van der Waals surface area contributed by atoms with E-state index in [4.69, 9.17) is 0 Å². The number of hydrogen-bond donors (Lipinski definition) is 1. The van der Waals surface area contributed by atoms with Crippen LogP contribution in [-0.4, -0.2) is 20.9 Å². The van der Waals surface area contributed by atoms with Crippen LogP contribution in [0.3, 0.4) is 0 Å². The normalized spacial score (nSPS) is 12.1. The molecule has 0 saturated carbocycles. The van der Waals surface area contributed by atoms with E-state index in [1.807, 2.05) is 61.5 Å². The van der Waals surface area contributed by atoms with Crippen molar-refractivity contribution in [2.24, 2.45) is 0 Å². The van der Waals surface area contributed by atoms with Crippen LogP contribution in [0.1, 0.15) is 22.7 Å². The molecule has 0 radical (unpaired) electrons. The van der Waals surface area contributed by atoms with E-state index in [0.29, 0.717) is 5.69 Å². The van der Waals surface area contributed by atoms with E-state index in [2.05, 4.69) is 21.2 Å². The molecule has 178 valence electrons. The number of carbonyl (C=O) groups is 1. The highest BCUT2D eigenvalue weighted by molar-refractivity contribution is 9.10. The summed E-state index contributed by atoms with van der Waals surface area (Å²) < 4.78 is 29.1. The fraction of sp³-hybridized carbons (Fsp3) is 0.107. The first kappa shape index (κ1) is 24.7. The number of hydrogen-bond acceptors (Lipinski definition) is 3. The summed E-state index contributed by atoms with van der Waals surface area (Å²) in [6.07, 6.45) is 0. The zero-order chi connectivity index (χ0) is 24.8. The minimum atomic E-state index is -3.98. The van der Waals surface area contributed by atoms with Crippen molar-refractivity contribution in [2.75, 3.05) is 10.8 Å². The van der Waals surface area contributed by atoms with Crippen molar-refractivity contribution in [2.45, 2.75) is 17.9 Å². The smallest absolute Gasteiger partial charge is 0.264 e. The average molecular weight is 549 g/mol. The second kappa shape index (κ2) is 10.9. The lowest BCUT2D eigenvalue weighted by atomic mass is 9.98. The molecule has 0 saturated heterocycles. The van der Waals surface area contributed by atoms with Crippen molar-refractivity contribution in [3.8, 4) is 0 Å². The summed E-state index contributed by atoms with van der Waals surface area (Å²) in [5.74, 6) is -0.415. The number of carbonyl (C=O) groups excluding carboxylic acids is 1. The van der Waals surface area contributed by atoms with Gasteiger partial charge in [-0.1, -0.05) is 94.3 Å². The van der Waals surface area contributed by atoms with Gasteiger partial charge in [0.2, 0.25) is 5.91 Å².